The van der Waals surface area contributed by atoms with Crippen LogP contribution >= 0.6 is 0 Å². The van der Waals surface area contributed by atoms with E-state index in [1.807, 2.05) is 7.05 Å². The fourth-order valence-electron chi connectivity index (χ4n) is 2.58. The van der Waals surface area contributed by atoms with Gasteiger partial charge in [-0.15, -0.1) is 0 Å². The smallest absolute Gasteiger partial charge is 0.240 e. The second-order valence-corrected chi connectivity index (χ2v) is 5.14. The highest BCUT2D eigenvalue weighted by Gasteiger charge is 2.30. The van der Waals surface area contributed by atoms with Crippen molar-refractivity contribution in [3.63, 3.8) is 0 Å². The van der Waals surface area contributed by atoms with E-state index in [4.69, 9.17) is 4.52 Å². The highest BCUT2D eigenvalue weighted by molar-refractivity contribution is 5.03. The summed E-state index contributed by atoms with van der Waals surface area (Å²) in [4.78, 5) is 6.94. The molecule has 1 aromatic heterocycles. The fraction of sp³-hybridized carbons (Fsp3) is 0.833. The Kier molecular flexibility index (Phi) is 3.11. The second kappa shape index (κ2) is 4.74. The maximum atomic E-state index is 5.33. The van der Waals surface area contributed by atoms with E-state index in [0.29, 0.717) is 12.0 Å². The fourth-order valence-corrected chi connectivity index (χ4v) is 2.58. The molecule has 3 rings (SSSR count). The molecule has 0 bridgehead atoms. The van der Waals surface area contributed by atoms with Crippen LogP contribution in [-0.2, 0) is 6.54 Å². The number of hydrogen-bond donors (Lipinski definition) is 1. The Morgan fingerprint density at radius 2 is 2.29 bits per heavy atom. The van der Waals surface area contributed by atoms with Crippen molar-refractivity contribution in [2.24, 2.45) is 0 Å². The molecule has 5 nitrogen and oxygen atoms in total. The van der Waals surface area contributed by atoms with Gasteiger partial charge in [-0.2, -0.15) is 4.98 Å². The molecule has 1 unspecified atom stereocenters. The third-order valence-electron chi connectivity index (χ3n) is 3.70. The summed E-state index contributed by atoms with van der Waals surface area (Å²) < 4.78 is 5.33. The van der Waals surface area contributed by atoms with Crippen LogP contribution in [0.2, 0.25) is 0 Å². The third kappa shape index (κ3) is 2.50. The van der Waals surface area contributed by atoms with E-state index in [1.165, 1.54) is 25.7 Å². The lowest BCUT2D eigenvalue weighted by Gasteiger charge is -2.22. The molecule has 1 N–H and O–H groups in total. The predicted molar refractivity (Wildman–Crippen MR) is 63.6 cm³/mol. The first kappa shape index (κ1) is 11.2. The monoisotopic (exact) mass is 236 g/mol. The van der Waals surface area contributed by atoms with Gasteiger partial charge in [-0.3, -0.25) is 4.90 Å². The Labute approximate surface area is 102 Å². The molecule has 0 aromatic carbocycles. The Bertz CT molecular complexity index is 374. The SMILES string of the molecule is CNCC1CCCN1Cc1nc(C2CC2)no1. The zero-order valence-corrected chi connectivity index (χ0v) is 10.4. The summed E-state index contributed by atoms with van der Waals surface area (Å²) in [6.45, 7) is 3.00. The minimum absolute atomic E-state index is 0.583. The molecule has 2 aliphatic rings. The number of rotatable bonds is 5. The molecule has 0 amide bonds. The van der Waals surface area contributed by atoms with Crippen LogP contribution in [0.4, 0.5) is 0 Å². The van der Waals surface area contributed by atoms with Crippen molar-refractivity contribution in [2.45, 2.75) is 44.2 Å². The number of likely N-dealkylation sites (N-methyl/N-ethyl adjacent to an activating group) is 1. The van der Waals surface area contributed by atoms with E-state index in [9.17, 15) is 0 Å². The van der Waals surface area contributed by atoms with Gasteiger partial charge >= 0.3 is 0 Å². The van der Waals surface area contributed by atoms with E-state index in [2.05, 4.69) is 20.4 Å². The quantitative estimate of drug-likeness (QED) is 0.830. The molecule has 1 saturated carbocycles. The highest BCUT2D eigenvalue weighted by atomic mass is 16.5. The summed E-state index contributed by atoms with van der Waals surface area (Å²) in [6, 6.07) is 0.622. The summed E-state index contributed by atoms with van der Waals surface area (Å²) in [5, 5.41) is 7.31. The zero-order chi connectivity index (χ0) is 11.7. The normalized spacial score (nSPS) is 25.6. The van der Waals surface area contributed by atoms with Crippen molar-refractivity contribution in [1.29, 1.82) is 0 Å². The van der Waals surface area contributed by atoms with Gasteiger partial charge in [0.2, 0.25) is 5.89 Å². The molecule has 2 heterocycles. The van der Waals surface area contributed by atoms with Crippen LogP contribution in [0.25, 0.3) is 0 Å². The Hall–Kier alpha value is -0.940. The molecule has 5 heteroatoms. The largest absolute Gasteiger partial charge is 0.338 e. The number of aromatic nitrogens is 2. The first-order valence-corrected chi connectivity index (χ1v) is 6.58. The van der Waals surface area contributed by atoms with Crippen LogP contribution in [0.1, 0.15) is 43.3 Å². The van der Waals surface area contributed by atoms with Crippen LogP contribution < -0.4 is 5.32 Å². The van der Waals surface area contributed by atoms with Crippen LogP contribution in [0.5, 0.6) is 0 Å². The molecule has 0 radical (unpaired) electrons. The minimum atomic E-state index is 0.583. The zero-order valence-electron chi connectivity index (χ0n) is 10.4. The molecule has 1 aliphatic carbocycles. The van der Waals surface area contributed by atoms with Gasteiger partial charge in [0.1, 0.15) is 0 Å². The summed E-state index contributed by atoms with van der Waals surface area (Å²) >= 11 is 0. The minimum Gasteiger partial charge on any atom is -0.338 e. The van der Waals surface area contributed by atoms with Gasteiger partial charge < -0.3 is 9.84 Å². The Morgan fingerprint density at radius 1 is 1.41 bits per heavy atom. The first-order chi connectivity index (χ1) is 8.36. The molecule has 17 heavy (non-hydrogen) atoms. The lowest BCUT2D eigenvalue weighted by atomic mass is 10.2. The van der Waals surface area contributed by atoms with Gasteiger partial charge in [-0.25, -0.2) is 0 Å². The Morgan fingerprint density at radius 3 is 3.06 bits per heavy atom. The van der Waals surface area contributed by atoms with Crippen LogP contribution in [0, 0.1) is 0 Å². The van der Waals surface area contributed by atoms with E-state index in [1.54, 1.807) is 0 Å². The second-order valence-electron chi connectivity index (χ2n) is 5.14. The Balaban J connectivity index is 1.60. The van der Waals surface area contributed by atoms with Crippen molar-refractivity contribution >= 4 is 0 Å². The molecule has 1 aliphatic heterocycles. The van der Waals surface area contributed by atoms with Crippen molar-refractivity contribution in [3.05, 3.63) is 11.7 Å². The molecule has 1 aromatic rings. The molecule has 94 valence electrons. The van der Waals surface area contributed by atoms with Crippen molar-refractivity contribution in [3.8, 4) is 0 Å². The summed E-state index contributed by atoms with van der Waals surface area (Å²) in [5.74, 6) is 2.29. The van der Waals surface area contributed by atoms with Crippen molar-refractivity contribution in [1.82, 2.24) is 20.4 Å². The number of likely N-dealkylation sites (tertiary alicyclic amines) is 1. The maximum absolute atomic E-state index is 5.33. The van der Waals surface area contributed by atoms with Gasteiger partial charge in [-0.05, 0) is 39.3 Å². The molecule has 0 spiro atoms. The molecule has 1 atom stereocenters. The molecule has 1 saturated heterocycles. The van der Waals surface area contributed by atoms with E-state index < -0.39 is 0 Å². The van der Waals surface area contributed by atoms with Crippen molar-refractivity contribution in [2.75, 3.05) is 20.1 Å². The first-order valence-electron chi connectivity index (χ1n) is 6.58. The number of hydrogen-bond acceptors (Lipinski definition) is 5. The van der Waals surface area contributed by atoms with Gasteiger partial charge in [0.05, 0.1) is 6.54 Å². The average molecular weight is 236 g/mol. The van der Waals surface area contributed by atoms with Crippen molar-refractivity contribution < 1.29 is 4.52 Å². The molecular weight excluding hydrogens is 216 g/mol. The van der Waals surface area contributed by atoms with Gasteiger partial charge in [0.15, 0.2) is 5.82 Å². The predicted octanol–water partition coefficient (Wildman–Crippen LogP) is 1.13. The van der Waals surface area contributed by atoms with Gasteiger partial charge in [0, 0.05) is 18.5 Å². The molecular formula is C12H20N4O. The van der Waals surface area contributed by atoms with E-state index in [-0.39, 0.29) is 0 Å². The van der Waals surface area contributed by atoms with Crippen LogP contribution in [-0.4, -0.2) is 41.2 Å². The summed E-state index contributed by atoms with van der Waals surface area (Å²) in [7, 11) is 2.01. The summed E-state index contributed by atoms with van der Waals surface area (Å²) in [5.41, 5.74) is 0. The van der Waals surface area contributed by atoms with Crippen LogP contribution in [0.15, 0.2) is 4.52 Å². The van der Waals surface area contributed by atoms with Crippen LogP contribution in [0.3, 0.4) is 0 Å². The van der Waals surface area contributed by atoms with Gasteiger partial charge in [-0.1, -0.05) is 5.16 Å². The standard InChI is InChI=1S/C12H20N4O/c1-13-7-10-3-2-6-16(10)8-11-14-12(15-17-11)9-4-5-9/h9-10,13H,2-8H2,1H3. The summed E-state index contributed by atoms with van der Waals surface area (Å²) in [6.07, 6.45) is 5.00. The van der Waals surface area contributed by atoms with Gasteiger partial charge in [0.25, 0.3) is 0 Å². The third-order valence-corrected chi connectivity index (χ3v) is 3.70. The lowest BCUT2D eigenvalue weighted by Crippen LogP contribution is -2.36. The highest BCUT2D eigenvalue weighted by Crippen LogP contribution is 2.38. The molecule has 2 fully saturated rings. The number of nitrogens with one attached hydrogen (secondary N) is 1. The van der Waals surface area contributed by atoms with E-state index >= 15 is 0 Å². The lowest BCUT2D eigenvalue weighted by molar-refractivity contribution is 0.209. The maximum Gasteiger partial charge on any atom is 0.240 e. The topological polar surface area (TPSA) is 54.2 Å². The average Bonchev–Trinajstić information content (AvgIpc) is 2.93. The number of nitrogens with zero attached hydrogens (tertiary/aromatic N) is 3. The van der Waals surface area contributed by atoms with E-state index in [0.717, 1.165) is 31.3 Å².